The van der Waals surface area contributed by atoms with Crippen LogP contribution in [0.5, 0.6) is 0 Å². The lowest BCUT2D eigenvalue weighted by Crippen LogP contribution is -2.27. The molecule has 3 aromatic rings. The smallest absolute Gasteiger partial charge is 0.268 e. The number of nitrogens with zero attached hydrogens (tertiary/aromatic N) is 2. The highest BCUT2D eigenvalue weighted by Crippen LogP contribution is 2.06. The SMILES string of the molecule is O=C(NCCc1ccccc1)c1cccc2nccn12. The van der Waals surface area contributed by atoms with Gasteiger partial charge in [-0.3, -0.25) is 9.20 Å². The molecule has 4 nitrogen and oxygen atoms in total. The first-order valence-electron chi connectivity index (χ1n) is 6.59. The molecule has 4 heteroatoms. The third kappa shape index (κ3) is 2.54. The first-order valence-corrected chi connectivity index (χ1v) is 6.59. The molecule has 0 spiro atoms. The molecule has 0 saturated heterocycles. The Morgan fingerprint density at radius 1 is 1.10 bits per heavy atom. The van der Waals surface area contributed by atoms with Gasteiger partial charge in [-0.05, 0) is 24.1 Å². The maximum Gasteiger partial charge on any atom is 0.268 e. The zero-order valence-electron chi connectivity index (χ0n) is 11.0. The van der Waals surface area contributed by atoms with Gasteiger partial charge in [0.15, 0.2) is 0 Å². The molecule has 0 atom stereocenters. The van der Waals surface area contributed by atoms with E-state index in [1.165, 1.54) is 5.56 Å². The molecule has 0 fully saturated rings. The number of amides is 1. The third-order valence-corrected chi connectivity index (χ3v) is 3.20. The average molecular weight is 265 g/mol. The number of rotatable bonds is 4. The molecule has 0 bridgehead atoms. The van der Waals surface area contributed by atoms with Crippen molar-refractivity contribution in [2.75, 3.05) is 6.54 Å². The molecule has 1 amide bonds. The number of hydrogen-bond acceptors (Lipinski definition) is 2. The number of nitrogens with one attached hydrogen (secondary N) is 1. The van der Waals surface area contributed by atoms with Gasteiger partial charge in [0, 0.05) is 18.9 Å². The summed E-state index contributed by atoms with van der Waals surface area (Å²) in [6, 6.07) is 15.6. The molecule has 0 aliphatic carbocycles. The fraction of sp³-hybridized carbons (Fsp3) is 0.125. The van der Waals surface area contributed by atoms with E-state index in [4.69, 9.17) is 0 Å². The summed E-state index contributed by atoms with van der Waals surface area (Å²) in [5.41, 5.74) is 2.60. The zero-order valence-corrected chi connectivity index (χ0v) is 11.0. The minimum absolute atomic E-state index is 0.0791. The van der Waals surface area contributed by atoms with Crippen LogP contribution >= 0.6 is 0 Å². The highest BCUT2D eigenvalue weighted by atomic mass is 16.1. The zero-order chi connectivity index (χ0) is 13.8. The van der Waals surface area contributed by atoms with Crippen molar-refractivity contribution >= 4 is 11.6 Å². The largest absolute Gasteiger partial charge is 0.350 e. The molecule has 2 heterocycles. The van der Waals surface area contributed by atoms with Crippen LogP contribution in [0, 0.1) is 0 Å². The van der Waals surface area contributed by atoms with Gasteiger partial charge in [-0.15, -0.1) is 0 Å². The first kappa shape index (κ1) is 12.4. The summed E-state index contributed by atoms with van der Waals surface area (Å²) in [5.74, 6) is -0.0791. The molecule has 0 saturated carbocycles. The number of hydrogen-bond donors (Lipinski definition) is 1. The summed E-state index contributed by atoms with van der Waals surface area (Å²) in [4.78, 5) is 16.4. The Balaban J connectivity index is 1.66. The number of aromatic nitrogens is 2. The molecule has 100 valence electrons. The molecule has 0 aliphatic heterocycles. The van der Waals surface area contributed by atoms with Crippen LogP contribution in [0.25, 0.3) is 5.65 Å². The van der Waals surface area contributed by atoms with Crippen molar-refractivity contribution in [2.24, 2.45) is 0 Å². The number of imidazole rings is 1. The number of benzene rings is 1. The monoisotopic (exact) mass is 265 g/mol. The lowest BCUT2D eigenvalue weighted by atomic mass is 10.1. The second kappa shape index (κ2) is 5.57. The minimum atomic E-state index is -0.0791. The molecular weight excluding hydrogens is 250 g/mol. The lowest BCUT2D eigenvalue weighted by Gasteiger charge is -2.07. The van der Waals surface area contributed by atoms with E-state index in [9.17, 15) is 4.79 Å². The van der Waals surface area contributed by atoms with Gasteiger partial charge >= 0.3 is 0 Å². The molecule has 0 unspecified atom stereocenters. The summed E-state index contributed by atoms with van der Waals surface area (Å²) in [7, 11) is 0. The summed E-state index contributed by atoms with van der Waals surface area (Å²) < 4.78 is 1.79. The van der Waals surface area contributed by atoms with Crippen molar-refractivity contribution in [1.29, 1.82) is 0 Å². The van der Waals surface area contributed by atoms with E-state index < -0.39 is 0 Å². The van der Waals surface area contributed by atoms with Crippen LogP contribution in [-0.4, -0.2) is 21.8 Å². The van der Waals surface area contributed by atoms with Gasteiger partial charge < -0.3 is 5.32 Å². The highest BCUT2D eigenvalue weighted by Gasteiger charge is 2.09. The number of pyridine rings is 1. The van der Waals surface area contributed by atoms with Crippen LogP contribution in [-0.2, 0) is 6.42 Å². The maximum absolute atomic E-state index is 12.2. The summed E-state index contributed by atoms with van der Waals surface area (Å²) in [5, 5.41) is 2.94. The Morgan fingerprint density at radius 2 is 1.95 bits per heavy atom. The predicted molar refractivity (Wildman–Crippen MR) is 77.7 cm³/mol. The van der Waals surface area contributed by atoms with Crippen molar-refractivity contribution in [3.05, 3.63) is 72.2 Å². The Bertz CT molecular complexity index is 719. The third-order valence-electron chi connectivity index (χ3n) is 3.20. The van der Waals surface area contributed by atoms with E-state index in [-0.39, 0.29) is 5.91 Å². The maximum atomic E-state index is 12.2. The van der Waals surface area contributed by atoms with Crippen molar-refractivity contribution in [1.82, 2.24) is 14.7 Å². The predicted octanol–water partition coefficient (Wildman–Crippen LogP) is 2.31. The highest BCUT2D eigenvalue weighted by molar-refractivity contribution is 5.93. The van der Waals surface area contributed by atoms with Gasteiger partial charge in [0.1, 0.15) is 11.3 Å². The Labute approximate surface area is 117 Å². The molecule has 2 aromatic heterocycles. The Morgan fingerprint density at radius 3 is 2.80 bits per heavy atom. The van der Waals surface area contributed by atoms with Crippen molar-refractivity contribution in [3.63, 3.8) is 0 Å². The summed E-state index contributed by atoms with van der Waals surface area (Å²) in [6.45, 7) is 0.619. The quantitative estimate of drug-likeness (QED) is 0.787. The number of fused-ring (bicyclic) bond motifs is 1. The van der Waals surface area contributed by atoms with Crippen LogP contribution in [0.1, 0.15) is 16.1 Å². The lowest BCUT2D eigenvalue weighted by molar-refractivity contribution is 0.0948. The Hall–Kier alpha value is -2.62. The standard InChI is InChI=1S/C16H15N3O/c20-16(18-10-9-13-5-2-1-3-6-13)14-7-4-8-15-17-11-12-19(14)15/h1-8,11-12H,9-10H2,(H,18,20). The van der Waals surface area contributed by atoms with Gasteiger partial charge in [0.05, 0.1) is 0 Å². The number of carbonyl (C=O) groups is 1. The van der Waals surface area contributed by atoms with E-state index in [0.29, 0.717) is 12.2 Å². The van der Waals surface area contributed by atoms with Crippen molar-refractivity contribution < 1.29 is 4.79 Å². The molecule has 1 aromatic carbocycles. The first-order chi connectivity index (χ1) is 9.84. The van der Waals surface area contributed by atoms with Gasteiger partial charge in [-0.25, -0.2) is 4.98 Å². The van der Waals surface area contributed by atoms with Gasteiger partial charge in [-0.1, -0.05) is 36.4 Å². The molecule has 0 aliphatic rings. The van der Waals surface area contributed by atoms with E-state index in [1.54, 1.807) is 22.9 Å². The number of carbonyl (C=O) groups excluding carboxylic acids is 1. The van der Waals surface area contributed by atoms with E-state index >= 15 is 0 Å². The van der Waals surface area contributed by atoms with Crippen LogP contribution in [0.4, 0.5) is 0 Å². The fourth-order valence-corrected chi connectivity index (χ4v) is 2.19. The molecule has 20 heavy (non-hydrogen) atoms. The van der Waals surface area contributed by atoms with Crippen LogP contribution < -0.4 is 5.32 Å². The van der Waals surface area contributed by atoms with Gasteiger partial charge in [0.2, 0.25) is 0 Å². The molecular formula is C16H15N3O. The van der Waals surface area contributed by atoms with Crippen LogP contribution in [0.15, 0.2) is 60.9 Å². The molecule has 0 radical (unpaired) electrons. The van der Waals surface area contributed by atoms with Crippen LogP contribution in [0.3, 0.4) is 0 Å². The molecule has 3 rings (SSSR count). The topological polar surface area (TPSA) is 46.4 Å². The average Bonchev–Trinajstić information content (AvgIpc) is 2.96. The van der Waals surface area contributed by atoms with Gasteiger partial charge in [0.25, 0.3) is 5.91 Å². The van der Waals surface area contributed by atoms with E-state index in [2.05, 4.69) is 22.4 Å². The van der Waals surface area contributed by atoms with Crippen LogP contribution in [0.2, 0.25) is 0 Å². The fourth-order valence-electron chi connectivity index (χ4n) is 2.19. The van der Waals surface area contributed by atoms with Gasteiger partial charge in [-0.2, -0.15) is 0 Å². The normalized spacial score (nSPS) is 10.6. The second-order valence-electron chi connectivity index (χ2n) is 4.56. The Kier molecular flexibility index (Phi) is 3.46. The second-order valence-corrected chi connectivity index (χ2v) is 4.56. The van der Waals surface area contributed by atoms with E-state index in [0.717, 1.165) is 12.1 Å². The van der Waals surface area contributed by atoms with E-state index in [1.807, 2.05) is 30.3 Å². The summed E-state index contributed by atoms with van der Waals surface area (Å²) in [6.07, 6.45) is 4.31. The minimum Gasteiger partial charge on any atom is -0.350 e. The summed E-state index contributed by atoms with van der Waals surface area (Å²) >= 11 is 0. The van der Waals surface area contributed by atoms with Crippen molar-refractivity contribution in [2.45, 2.75) is 6.42 Å². The molecule has 1 N–H and O–H groups in total. The van der Waals surface area contributed by atoms with Crippen molar-refractivity contribution in [3.8, 4) is 0 Å².